The molecule has 3 N–H and O–H groups in total. The minimum Gasteiger partial charge on any atom is -0.397 e. The van der Waals surface area contributed by atoms with E-state index < -0.39 is 0 Å². The number of fused-ring (bicyclic) bond motifs is 1. The lowest BCUT2D eigenvalue weighted by atomic mass is 10.1. The average molecular weight is 245 g/mol. The van der Waals surface area contributed by atoms with Crippen molar-refractivity contribution in [2.45, 2.75) is 12.8 Å². The van der Waals surface area contributed by atoms with Crippen LogP contribution in [0, 0.1) is 0 Å². The predicted molar refractivity (Wildman–Crippen MR) is 75.8 cm³/mol. The standard InChI is InChI=1S/C14H19N3O/c1-18-10-3-2-8-16-13-7-9-17-14-11(13)5-4-6-12(14)15/h4-7,9H,2-3,8,10,15H2,1H3,(H,16,17). The second kappa shape index (κ2) is 6.21. The number of nitrogens with one attached hydrogen (secondary N) is 1. The van der Waals surface area contributed by atoms with E-state index in [0.29, 0.717) is 0 Å². The van der Waals surface area contributed by atoms with Crippen LogP contribution in [0.25, 0.3) is 10.9 Å². The van der Waals surface area contributed by atoms with Crippen molar-refractivity contribution >= 4 is 22.3 Å². The number of unbranched alkanes of at least 4 members (excludes halogenated alkanes) is 1. The lowest BCUT2D eigenvalue weighted by Crippen LogP contribution is -2.04. The normalized spacial score (nSPS) is 10.7. The number of pyridine rings is 1. The number of para-hydroxylation sites is 1. The number of ether oxygens (including phenoxy) is 1. The number of rotatable bonds is 6. The number of benzene rings is 1. The Morgan fingerprint density at radius 3 is 3.00 bits per heavy atom. The molecule has 0 aliphatic heterocycles. The maximum absolute atomic E-state index is 5.91. The number of aromatic nitrogens is 1. The Morgan fingerprint density at radius 1 is 1.28 bits per heavy atom. The maximum atomic E-state index is 5.91. The van der Waals surface area contributed by atoms with Gasteiger partial charge in [0.05, 0.1) is 11.2 Å². The predicted octanol–water partition coefficient (Wildman–Crippen LogP) is 2.66. The number of hydrogen-bond donors (Lipinski definition) is 2. The van der Waals surface area contributed by atoms with E-state index in [2.05, 4.69) is 10.3 Å². The van der Waals surface area contributed by atoms with Gasteiger partial charge in [-0.3, -0.25) is 4.98 Å². The summed E-state index contributed by atoms with van der Waals surface area (Å²) >= 11 is 0. The molecule has 1 aromatic heterocycles. The molecule has 0 amide bonds. The molecule has 4 heteroatoms. The molecule has 0 saturated carbocycles. The molecular formula is C14H19N3O. The summed E-state index contributed by atoms with van der Waals surface area (Å²) in [4.78, 5) is 4.31. The van der Waals surface area contributed by atoms with Gasteiger partial charge in [-0.1, -0.05) is 12.1 Å². The molecule has 0 unspecified atom stereocenters. The molecule has 0 spiro atoms. The SMILES string of the molecule is COCCCCNc1ccnc2c(N)cccc12. The molecular weight excluding hydrogens is 226 g/mol. The van der Waals surface area contributed by atoms with Crippen LogP contribution in [0.4, 0.5) is 11.4 Å². The van der Waals surface area contributed by atoms with Crippen LogP contribution < -0.4 is 11.1 Å². The van der Waals surface area contributed by atoms with Crippen LogP contribution >= 0.6 is 0 Å². The maximum Gasteiger partial charge on any atom is 0.0951 e. The van der Waals surface area contributed by atoms with Crippen molar-refractivity contribution in [1.29, 1.82) is 0 Å². The Bertz CT molecular complexity index is 513. The number of nitrogens with zero attached hydrogens (tertiary/aromatic N) is 1. The van der Waals surface area contributed by atoms with Crippen LogP contribution in [0.15, 0.2) is 30.5 Å². The van der Waals surface area contributed by atoms with Crippen LogP contribution in [-0.4, -0.2) is 25.2 Å². The Morgan fingerprint density at radius 2 is 2.17 bits per heavy atom. The molecule has 2 rings (SSSR count). The summed E-state index contributed by atoms with van der Waals surface area (Å²) < 4.78 is 5.03. The van der Waals surface area contributed by atoms with E-state index in [1.54, 1.807) is 13.3 Å². The zero-order chi connectivity index (χ0) is 12.8. The first-order valence-electron chi connectivity index (χ1n) is 6.19. The molecule has 1 aromatic carbocycles. The van der Waals surface area contributed by atoms with Crippen LogP contribution in [0.2, 0.25) is 0 Å². The molecule has 0 radical (unpaired) electrons. The van der Waals surface area contributed by atoms with Gasteiger partial charge in [-0.05, 0) is 25.0 Å². The first kappa shape index (κ1) is 12.6. The highest BCUT2D eigenvalue weighted by Gasteiger charge is 2.03. The van der Waals surface area contributed by atoms with E-state index in [0.717, 1.165) is 48.3 Å². The van der Waals surface area contributed by atoms with E-state index in [4.69, 9.17) is 10.5 Å². The molecule has 1 heterocycles. The van der Waals surface area contributed by atoms with Crippen molar-refractivity contribution < 1.29 is 4.74 Å². The molecule has 0 saturated heterocycles. The zero-order valence-corrected chi connectivity index (χ0v) is 10.6. The first-order valence-corrected chi connectivity index (χ1v) is 6.19. The van der Waals surface area contributed by atoms with Crippen LogP contribution in [-0.2, 0) is 4.74 Å². The van der Waals surface area contributed by atoms with E-state index >= 15 is 0 Å². The third kappa shape index (κ3) is 2.90. The highest BCUT2D eigenvalue weighted by Crippen LogP contribution is 2.25. The summed E-state index contributed by atoms with van der Waals surface area (Å²) in [6.45, 7) is 1.74. The van der Waals surface area contributed by atoms with E-state index in [1.807, 2.05) is 24.3 Å². The Labute approximate surface area is 107 Å². The average Bonchev–Trinajstić information content (AvgIpc) is 2.39. The number of hydrogen-bond acceptors (Lipinski definition) is 4. The van der Waals surface area contributed by atoms with Crippen molar-refractivity contribution in [1.82, 2.24) is 4.98 Å². The first-order chi connectivity index (χ1) is 8.83. The topological polar surface area (TPSA) is 60.2 Å². The number of nitrogens with two attached hydrogens (primary N) is 1. The Kier molecular flexibility index (Phi) is 4.36. The van der Waals surface area contributed by atoms with Crippen LogP contribution in [0.3, 0.4) is 0 Å². The second-order valence-electron chi connectivity index (χ2n) is 4.23. The number of anilines is 2. The van der Waals surface area contributed by atoms with Crippen LogP contribution in [0.5, 0.6) is 0 Å². The second-order valence-corrected chi connectivity index (χ2v) is 4.23. The minimum atomic E-state index is 0.718. The summed E-state index contributed by atoms with van der Waals surface area (Å²) in [5.74, 6) is 0. The van der Waals surface area contributed by atoms with Gasteiger partial charge < -0.3 is 15.8 Å². The summed E-state index contributed by atoms with van der Waals surface area (Å²) in [5.41, 5.74) is 8.58. The fourth-order valence-electron chi connectivity index (χ4n) is 1.95. The molecule has 0 aliphatic carbocycles. The van der Waals surface area contributed by atoms with Gasteiger partial charge in [-0.2, -0.15) is 0 Å². The van der Waals surface area contributed by atoms with Gasteiger partial charge in [0, 0.05) is 37.5 Å². The largest absolute Gasteiger partial charge is 0.397 e. The molecule has 2 aromatic rings. The summed E-state index contributed by atoms with van der Waals surface area (Å²) in [6.07, 6.45) is 3.94. The van der Waals surface area contributed by atoms with Gasteiger partial charge >= 0.3 is 0 Å². The highest BCUT2D eigenvalue weighted by molar-refractivity contribution is 5.97. The summed E-state index contributed by atoms with van der Waals surface area (Å²) in [5, 5.41) is 4.50. The zero-order valence-electron chi connectivity index (χ0n) is 10.6. The lowest BCUT2D eigenvalue weighted by Gasteiger charge is -2.10. The third-order valence-electron chi connectivity index (χ3n) is 2.89. The lowest BCUT2D eigenvalue weighted by molar-refractivity contribution is 0.194. The minimum absolute atomic E-state index is 0.718. The number of methoxy groups -OCH3 is 1. The van der Waals surface area contributed by atoms with Gasteiger partial charge in [0.2, 0.25) is 0 Å². The Balaban J connectivity index is 2.07. The molecule has 96 valence electrons. The van der Waals surface area contributed by atoms with Gasteiger partial charge in [-0.15, -0.1) is 0 Å². The van der Waals surface area contributed by atoms with E-state index in [1.165, 1.54) is 0 Å². The molecule has 0 atom stereocenters. The Hall–Kier alpha value is -1.81. The van der Waals surface area contributed by atoms with Gasteiger partial charge in [0.15, 0.2) is 0 Å². The summed E-state index contributed by atoms with van der Waals surface area (Å²) in [7, 11) is 1.73. The monoisotopic (exact) mass is 245 g/mol. The summed E-state index contributed by atoms with van der Waals surface area (Å²) in [6, 6.07) is 7.85. The molecule has 18 heavy (non-hydrogen) atoms. The highest BCUT2D eigenvalue weighted by atomic mass is 16.5. The third-order valence-corrected chi connectivity index (χ3v) is 2.89. The fraction of sp³-hybridized carbons (Fsp3) is 0.357. The van der Waals surface area contributed by atoms with Gasteiger partial charge in [0.25, 0.3) is 0 Å². The van der Waals surface area contributed by atoms with Gasteiger partial charge in [-0.25, -0.2) is 0 Å². The van der Waals surface area contributed by atoms with E-state index in [9.17, 15) is 0 Å². The van der Waals surface area contributed by atoms with Crippen molar-refractivity contribution in [3.05, 3.63) is 30.5 Å². The molecule has 0 bridgehead atoms. The molecule has 0 fully saturated rings. The van der Waals surface area contributed by atoms with Crippen molar-refractivity contribution in [3.8, 4) is 0 Å². The number of nitrogen functional groups attached to an aromatic ring is 1. The molecule has 4 nitrogen and oxygen atoms in total. The van der Waals surface area contributed by atoms with Crippen LogP contribution in [0.1, 0.15) is 12.8 Å². The fourth-order valence-corrected chi connectivity index (χ4v) is 1.95. The van der Waals surface area contributed by atoms with Crippen molar-refractivity contribution in [3.63, 3.8) is 0 Å². The molecule has 0 aliphatic rings. The smallest absolute Gasteiger partial charge is 0.0951 e. The van der Waals surface area contributed by atoms with Crippen molar-refractivity contribution in [2.24, 2.45) is 0 Å². The van der Waals surface area contributed by atoms with Crippen molar-refractivity contribution in [2.75, 3.05) is 31.3 Å². The van der Waals surface area contributed by atoms with E-state index in [-0.39, 0.29) is 0 Å². The van der Waals surface area contributed by atoms with Gasteiger partial charge in [0.1, 0.15) is 0 Å². The quantitative estimate of drug-likeness (QED) is 0.606.